The van der Waals surface area contributed by atoms with Crippen molar-refractivity contribution in [3.8, 4) is 22.5 Å². The van der Waals surface area contributed by atoms with E-state index in [9.17, 15) is 0 Å². The summed E-state index contributed by atoms with van der Waals surface area (Å²) >= 11 is 0. The summed E-state index contributed by atoms with van der Waals surface area (Å²) < 4.78 is 0. The highest BCUT2D eigenvalue weighted by Gasteiger charge is 2.18. The van der Waals surface area contributed by atoms with E-state index in [1.165, 1.54) is 56.2 Å². The molecular weight excluding hydrogens is 472 g/mol. The van der Waals surface area contributed by atoms with Crippen LogP contribution in [0.5, 0.6) is 0 Å². The third-order valence-corrected chi connectivity index (χ3v) is 8.25. The average Bonchev–Trinajstić information content (AvgIpc) is 3.73. The van der Waals surface area contributed by atoms with Crippen molar-refractivity contribution in [2.75, 3.05) is 24.5 Å². The maximum Gasteiger partial charge on any atom is 0.181 e. The van der Waals surface area contributed by atoms with Crippen molar-refractivity contribution in [2.24, 2.45) is 5.92 Å². The summed E-state index contributed by atoms with van der Waals surface area (Å²) in [6, 6.07) is 8.72. The fraction of sp³-hybridized carbons (Fsp3) is 0.400. The van der Waals surface area contributed by atoms with Gasteiger partial charge in [0.1, 0.15) is 5.65 Å². The topological polar surface area (TPSA) is 98.4 Å². The predicted molar refractivity (Wildman–Crippen MR) is 152 cm³/mol. The van der Waals surface area contributed by atoms with Crippen molar-refractivity contribution in [1.29, 1.82) is 0 Å². The SMILES string of the molecule is c1cc(N2CCCCC2)c2cc(-c3[nH]nc4ncc(-c5cncc(CNCC6CCCC6)c5)cc34)[nH]c2n1. The van der Waals surface area contributed by atoms with Gasteiger partial charge < -0.3 is 15.2 Å². The zero-order valence-electron chi connectivity index (χ0n) is 21.7. The molecule has 0 unspecified atom stereocenters. The first kappa shape index (κ1) is 23.3. The molecule has 1 aliphatic carbocycles. The zero-order chi connectivity index (χ0) is 25.3. The number of hydrogen-bond acceptors (Lipinski definition) is 6. The lowest BCUT2D eigenvalue weighted by Crippen LogP contribution is -2.29. The smallest absolute Gasteiger partial charge is 0.181 e. The van der Waals surface area contributed by atoms with Crippen LogP contribution in [-0.2, 0) is 6.54 Å². The summed E-state index contributed by atoms with van der Waals surface area (Å²) in [5.74, 6) is 0.827. The standard InChI is InChI=1S/C30H34N8/c1-4-10-38(11-5-1)27-8-9-33-29-24(27)14-26(35-29)28-25-13-23(19-34-30(25)37-36-28)22-12-21(17-32-18-22)16-31-15-20-6-2-3-7-20/h8-9,12-14,17-20,31H,1-7,10-11,15-16H2,(H,33,35)(H,34,36,37). The predicted octanol–water partition coefficient (Wildman–Crippen LogP) is 5.83. The Labute approximate surface area is 222 Å². The first-order valence-corrected chi connectivity index (χ1v) is 14.0. The Hall–Kier alpha value is -3.78. The lowest BCUT2D eigenvalue weighted by Gasteiger charge is -2.29. The van der Waals surface area contributed by atoms with E-state index >= 15 is 0 Å². The minimum Gasteiger partial charge on any atom is -0.371 e. The van der Waals surface area contributed by atoms with E-state index in [-0.39, 0.29) is 0 Å². The van der Waals surface area contributed by atoms with Crippen LogP contribution >= 0.6 is 0 Å². The largest absolute Gasteiger partial charge is 0.371 e. The van der Waals surface area contributed by atoms with E-state index < -0.39 is 0 Å². The van der Waals surface area contributed by atoms with E-state index in [0.29, 0.717) is 5.65 Å². The van der Waals surface area contributed by atoms with E-state index in [4.69, 9.17) is 0 Å². The molecule has 38 heavy (non-hydrogen) atoms. The van der Waals surface area contributed by atoms with Crippen molar-refractivity contribution in [1.82, 2.24) is 35.5 Å². The molecule has 2 fully saturated rings. The fourth-order valence-corrected chi connectivity index (χ4v) is 6.20. The van der Waals surface area contributed by atoms with Gasteiger partial charge in [0.05, 0.1) is 11.4 Å². The van der Waals surface area contributed by atoms with Gasteiger partial charge in [0.2, 0.25) is 0 Å². The molecule has 5 aromatic rings. The molecule has 0 spiro atoms. The van der Waals surface area contributed by atoms with Crippen LogP contribution in [0.1, 0.15) is 50.5 Å². The summed E-state index contributed by atoms with van der Waals surface area (Å²) in [5.41, 5.74) is 8.06. The van der Waals surface area contributed by atoms with E-state index in [1.54, 1.807) is 0 Å². The molecule has 0 radical (unpaired) electrons. The Bertz CT molecular complexity index is 1560. The van der Waals surface area contributed by atoms with Crippen molar-refractivity contribution < 1.29 is 0 Å². The third kappa shape index (κ3) is 4.53. The number of pyridine rings is 3. The Balaban J connectivity index is 1.18. The first-order valence-electron chi connectivity index (χ1n) is 14.0. The molecule has 194 valence electrons. The number of fused-ring (bicyclic) bond motifs is 2. The van der Waals surface area contributed by atoms with Crippen LogP contribution in [0, 0.1) is 5.92 Å². The van der Waals surface area contributed by atoms with Crippen molar-refractivity contribution in [3.05, 3.63) is 54.6 Å². The number of rotatable bonds is 7. The highest BCUT2D eigenvalue weighted by Crippen LogP contribution is 2.34. The van der Waals surface area contributed by atoms with Crippen molar-refractivity contribution in [3.63, 3.8) is 0 Å². The van der Waals surface area contributed by atoms with Gasteiger partial charge in [-0.05, 0) is 74.4 Å². The molecule has 2 aliphatic rings. The second kappa shape index (κ2) is 10.2. The van der Waals surface area contributed by atoms with Crippen LogP contribution in [-0.4, -0.2) is 49.8 Å². The van der Waals surface area contributed by atoms with Gasteiger partial charge in [-0.1, -0.05) is 12.8 Å². The number of H-pyrrole nitrogens is 2. The average molecular weight is 507 g/mol. The van der Waals surface area contributed by atoms with Crippen LogP contribution in [0.4, 0.5) is 5.69 Å². The summed E-state index contributed by atoms with van der Waals surface area (Å²) in [7, 11) is 0. The van der Waals surface area contributed by atoms with Gasteiger partial charge >= 0.3 is 0 Å². The Morgan fingerprint density at radius 2 is 1.76 bits per heavy atom. The number of aromatic amines is 2. The normalized spacial score (nSPS) is 16.7. The lowest BCUT2D eigenvalue weighted by molar-refractivity contribution is 0.489. The van der Waals surface area contributed by atoms with Gasteiger partial charge in [0, 0.05) is 72.0 Å². The minimum absolute atomic E-state index is 0.703. The number of aromatic nitrogens is 6. The maximum atomic E-state index is 4.67. The van der Waals surface area contributed by atoms with Gasteiger partial charge in [0.15, 0.2) is 5.65 Å². The molecule has 1 aliphatic heterocycles. The molecule has 1 saturated carbocycles. The molecule has 6 heterocycles. The quantitative estimate of drug-likeness (QED) is 0.257. The molecule has 0 atom stereocenters. The summed E-state index contributed by atoms with van der Waals surface area (Å²) in [4.78, 5) is 19.8. The van der Waals surface area contributed by atoms with Gasteiger partial charge in [0.25, 0.3) is 0 Å². The van der Waals surface area contributed by atoms with Gasteiger partial charge in [-0.15, -0.1) is 0 Å². The molecule has 8 nitrogen and oxygen atoms in total. The number of nitrogens with one attached hydrogen (secondary N) is 3. The van der Waals surface area contributed by atoms with Crippen LogP contribution in [0.25, 0.3) is 44.6 Å². The Morgan fingerprint density at radius 3 is 2.66 bits per heavy atom. The van der Waals surface area contributed by atoms with E-state index in [0.717, 1.165) is 71.0 Å². The lowest BCUT2D eigenvalue weighted by atomic mass is 10.1. The molecule has 8 heteroatoms. The molecular formula is C30H34N8. The van der Waals surface area contributed by atoms with Crippen LogP contribution in [0.3, 0.4) is 0 Å². The number of piperidine rings is 1. The summed E-state index contributed by atoms with van der Waals surface area (Å²) in [6.07, 6.45) is 16.9. The first-order chi connectivity index (χ1) is 18.8. The fourth-order valence-electron chi connectivity index (χ4n) is 6.20. The molecule has 0 amide bonds. The Kier molecular flexibility index (Phi) is 6.25. The number of anilines is 1. The summed E-state index contributed by atoms with van der Waals surface area (Å²) in [6.45, 7) is 4.13. The highest BCUT2D eigenvalue weighted by molar-refractivity contribution is 5.98. The van der Waals surface area contributed by atoms with Gasteiger partial charge in [-0.25, -0.2) is 9.97 Å². The third-order valence-electron chi connectivity index (χ3n) is 8.25. The molecule has 1 saturated heterocycles. The maximum absolute atomic E-state index is 4.67. The molecule has 5 aromatic heterocycles. The molecule has 0 bridgehead atoms. The van der Waals surface area contributed by atoms with Gasteiger partial charge in [-0.2, -0.15) is 5.10 Å². The van der Waals surface area contributed by atoms with E-state index in [1.807, 2.05) is 24.8 Å². The molecule has 3 N–H and O–H groups in total. The number of nitrogens with zero attached hydrogens (tertiary/aromatic N) is 5. The van der Waals surface area contributed by atoms with Crippen LogP contribution < -0.4 is 10.2 Å². The second-order valence-electron chi connectivity index (χ2n) is 10.9. The second-order valence-corrected chi connectivity index (χ2v) is 10.9. The zero-order valence-corrected chi connectivity index (χ0v) is 21.7. The Morgan fingerprint density at radius 1 is 0.895 bits per heavy atom. The minimum atomic E-state index is 0.703. The highest BCUT2D eigenvalue weighted by atomic mass is 15.2. The molecule has 7 rings (SSSR count). The monoisotopic (exact) mass is 506 g/mol. The van der Waals surface area contributed by atoms with Gasteiger partial charge in [-0.3, -0.25) is 10.1 Å². The van der Waals surface area contributed by atoms with Crippen LogP contribution in [0.15, 0.2) is 49.1 Å². The van der Waals surface area contributed by atoms with Crippen LogP contribution in [0.2, 0.25) is 0 Å². The van der Waals surface area contributed by atoms with Crippen molar-refractivity contribution in [2.45, 2.75) is 51.5 Å². The summed E-state index contributed by atoms with van der Waals surface area (Å²) in [5, 5.41) is 13.5. The van der Waals surface area contributed by atoms with Crippen molar-refractivity contribution >= 4 is 27.8 Å². The van der Waals surface area contributed by atoms with E-state index in [2.05, 4.69) is 64.6 Å². The molecule has 0 aromatic carbocycles. The number of hydrogen-bond donors (Lipinski definition) is 3.